The molecular formula is C16H28N4O2S. The number of aliphatic imine (C=N–C) groups is 1. The Bertz CT molecular complexity index is 583. The number of hydrogen-bond donors (Lipinski definition) is 2. The van der Waals surface area contributed by atoms with E-state index in [1.54, 1.807) is 7.05 Å². The summed E-state index contributed by atoms with van der Waals surface area (Å²) in [5, 5.41) is 6.32. The summed E-state index contributed by atoms with van der Waals surface area (Å²) in [5.41, 5.74) is 1.14. The first-order valence-electron chi connectivity index (χ1n) is 7.94. The zero-order valence-electron chi connectivity index (χ0n) is 14.4. The summed E-state index contributed by atoms with van der Waals surface area (Å²) < 4.78 is 25.7. The Morgan fingerprint density at radius 3 is 2.35 bits per heavy atom. The van der Waals surface area contributed by atoms with Crippen molar-refractivity contribution in [3.63, 3.8) is 0 Å². The first kappa shape index (κ1) is 19.4. The fourth-order valence-electron chi connectivity index (χ4n) is 2.27. The third kappa shape index (κ3) is 6.19. The lowest BCUT2D eigenvalue weighted by molar-refractivity contribution is 0.445. The van der Waals surface area contributed by atoms with Gasteiger partial charge in [-0.2, -0.15) is 0 Å². The van der Waals surface area contributed by atoms with Crippen molar-refractivity contribution in [2.45, 2.75) is 26.8 Å². The number of rotatable bonds is 8. The second-order valence-corrected chi connectivity index (χ2v) is 7.26. The van der Waals surface area contributed by atoms with E-state index >= 15 is 0 Å². The van der Waals surface area contributed by atoms with E-state index in [0.29, 0.717) is 25.6 Å². The molecule has 1 rings (SSSR count). The highest BCUT2D eigenvalue weighted by Crippen LogP contribution is 2.10. The Hall–Kier alpha value is -1.60. The summed E-state index contributed by atoms with van der Waals surface area (Å²) >= 11 is 0. The Morgan fingerprint density at radius 2 is 1.83 bits per heavy atom. The number of nitrogens with one attached hydrogen (secondary N) is 2. The molecule has 1 aromatic rings. The Balaban J connectivity index is 2.52. The molecule has 0 aliphatic heterocycles. The van der Waals surface area contributed by atoms with Crippen molar-refractivity contribution in [1.29, 1.82) is 0 Å². The highest BCUT2D eigenvalue weighted by molar-refractivity contribution is 7.89. The van der Waals surface area contributed by atoms with Gasteiger partial charge in [0.2, 0.25) is 10.0 Å². The van der Waals surface area contributed by atoms with E-state index in [4.69, 9.17) is 0 Å². The van der Waals surface area contributed by atoms with Crippen molar-refractivity contribution < 1.29 is 8.42 Å². The summed E-state index contributed by atoms with van der Waals surface area (Å²) in [6, 6.07) is 10.1. The minimum Gasteiger partial charge on any atom is -0.355 e. The van der Waals surface area contributed by atoms with Gasteiger partial charge in [0, 0.05) is 26.7 Å². The maximum absolute atomic E-state index is 12.1. The molecule has 0 aliphatic carbocycles. The molecule has 1 aromatic carbocycles. The molecule has 0 aromatic heterocycles. The first-order chi connectivity index (χ1) is 10.9. The monoisotopic (exact) mass is 340 g/mol. The second kappa shape index (κ2) is 9.52. The van der Waals surface area contributed by atoms with Gasteiger partial charge >= 0.3 is 0 Å². The molecular weight excluding hydrogens is 312 g/mol. The molecule has 0 saturated carbocycles. The Morgan fingerprint density at radius 1 is 1.22 bits per heavy atom. The Labute approximate surface area is 140 Å². The van der Waals surface area contributed by atoms with Crippen LogP contribution in [0.5, 0.6) is 0 Å². The van der Waals surface area contributed by atoms with Crippen molar-refractivity contribution in [3.05, 3.63) is 35.9 Å². The number of hydrogen-bond acceptors (Lipinski definition) is 3. The van der Waals surface area contributed by atoms with Crippen LogP contribution in [0.15, 0.2) is 35.3 Å². The highest BCUT2D eigenvalue weighted by Gasteiger charge is 2.18. The van der Waals surface area contributed by atoms with Crippen LogP contribution in [-0.2, 0) is 10.0 Å². The van der Waals surface area contributed by atoms with Gasteiger partial charge in [0.15, 0.2) is 5.96 Å². The SMILES string of the molecule is CCN(CC)S(=O)(=O)CCNC(=NC)NC(C)c1ccccc1. The van der Waals surface area contributed by atoms with E-state index in [9.17, 15) is 8.42 Å². The van der Waals surface area contributed by atoms with Crippen molar-refractivity contribution >= 4 is 16.0 Å². The molecule has 23 heavy (non-hydrogen) atoms. The minimum atomic E-state index is -3.22. The van der Waals surface area contributed by atoms with Crippen molar-refractivity contribution in [3.8, 4) is 0 Å². The van der Waals surface area contributed by atoms with E-state index in [0.717, 1.165) is 5.56 Å². The molecule has 6 nitrogen and oxygen atoms in total. The van der Waals surface area contributed by atoms with Gasteiger partial charge in [-0.3, -0.25) is 4.99 Å². The summed E-state index contributed by atoms with van der Waals surface area (Å²) in [4.78, 5) is 4.14. The lowest BCUT2D eigenvalue weighted by Gasteiger charge is -2.20. The van der Waals surface area contributed by atoms with Gasteiger partial charge in [0.25, 0.3) is 0 Å². The van der Waals surface area contributed by atoms with Gasteiger partial charge in [-0.1, -0.05) is 44.2 Å². The third-order valence-electron chi connectivity index (χ3n) is 3.63. The van der Waals surface area contributed by atoms with Gasteiger partial charge in [-0.25, -0.2) is 12.7 Å². The van der Waals surface area contributed by atoms with E-state index in [1.165, 1.54) is 4.31 Å². The largest absolute Gasteiger partial charge is 0.355 e. The zero-order valence-corrected chi connectivity index (χ0v) is 15.2. The molecule has 7 heteroatoms. The van der Waals surface area contributed by atoms with Crippen LogP contribution in [0.3, 0.4) is 0 Å². The van der Waals surface area contributed by atoms with E-state index in [2.05, 4.69) is 15.6 Å². The average Bonchev–Trinajstić information content (AvgIpc) is 2.55. The number of guanidine groups is 1. The van der Waals surface area contributed by atoms with Gasteiger partial charge < -0.3 is 10.6 Å². The van der Waals surface area contributed by atoms with Crippen molar-refractivity contribution in [2.24, 2.45) is 4.99 Å². The summed E-state index contributed by atoms with van der Waals surface area (Å²) in [5.74, 6) is 0.644. The maximum Gasteiger partial charge on any atom is 0.215 e. The van der Waals surface area contributed by atoms with E-state index in [-0.39, 0.29) is 11.8 Å². The fourth-order valence-corrected chi connectivity index (χ4v) is 3.67. The second-order valence-electron chi connectivity index (χ2n) is 5.18. The predicted octanol–water partition coefficient (Wildman–Crippen LogP) is 1.58. The molecule has 0 saturated heterocycles. The standard InChI is InChI=1S/C16H28N4O2S/c1-5-20(6-2)23(21,22)13-12-18-16(17-4)19-14(3)15-10-8-7-9-11-15/h7-11,14H,5-6,12-13H2,1-4H3,(H2,17,18,19). The van der Waals surface area contributed by atoms with Crippen LogP contribution in [0.25, 0.3) is 0 Å². The van der Waals surface area contributed by atoms with Crippen LogP contribution in [0.1, 0.15) is 32.4 Å². The molecule has 1 unspecified atom stereocenters. The zero-order chi connectivity index (χ0) is 17.3. The van der Waals surface area contributed by atoms with Crippen LogP contribution in [0.4, 0.5) is 0 Å². The fraction of sp³-hybridized carbons (Fsp3) is 0.562. The molecule has 2 N–H and O–H groups in total. The van der Waals surface area contributed by atoms with Crippen LogP contribution < -0.4 is 10.6 Å². The van der Waals surface area contributed by atoms with Gasteiger partial charge in [0.1, 0.15) is 0 Å². The van der Waals surface area contributed by atoms with Crippen LogP contribution in [0, 0.1) is 0 Å². The normalized spacial score (nSPS) is 13.9. The van der Waals surface area contributed by atoms with Crippen LogP contribution >= 0.6 is 0 Å². The molecule has 130 valence electrons. The molecule has 0 fully saturated rings. The number of nitrogens with zero attached hydrogens (tertiary/aromatic N) is 2. The number of benzene rings is 1. The molecule has 1 atom stereocenters. The van der Waals surface area contributed by atoms with Gasteiger partial charge in [0.05, 0.1) is 11.8 Å². The van der Waals surface area contributed by atoms with Crippen molar-refractivity contribution in [1.82, 2.24) is 14.9 Å². The third-order valence-corrected chi connectivity index (χ3v) is 5.65. The molecule has 0 spiro atoms. The van der Waals surface area contributed by atoms with E-state index in [1.807, 2.05) is 51.1 Å². The first-order valence-corrected chi connectivity index (χ1v) is 9.55. The average molecular weight is 340 g/mol. The predicted molar refractivity (Wildman–Crippen MR) is 96.1 cm³/mol. The quantitative estimate of drug-likeness (QED) is 0.557. The topological polar surface area (TPSA) is 73.8 Å². The molecule has 0 radical (unpaired) electrons. The summed E-state index contributed by atoms with van der Waals surface area (Å²) in [7, 11) is -1.55. The van der Waals surface area contributed by atoms with Gasteiger partial charge in [-0.05, 0) is 12.5 Å². The lowest BCUT2D eigenvalue weighted by atomic mass is 10.1. The summed E-state index contributed by atoms with van der Waals surface area (Å²) in [6.45, 7) is 7.04. The number of sulfonamides is 1. The summed E-state index contributed by atoms with van der Waals surface area (Å²) in [6.07, 6.45) is 0. The van der Waals surface area contributed by atoms with E-state index < -0.39 is 10.0 Å². The van der Waals surface area contributed by atoms with Crippen LogP contribution in [-0.4, -0.2) is 51.1 Å². The van der Waals surface area contributed by atoms with Gasteiger partial charge in [-0.15, -0.1) is 0 Å². The molecule has 0 heterocycles. The van der Waals surface area contributed by atoms with Crippen LogP contribution in [0.2, 0.25) is 0 Å². The smallest absolute Gasteiger partial charge is 0.215 e. The Kier molecular flexibility index (Phi) is 8.05. The lowest BCUT2D eigenvalue weighted by Crippen LogP contribution is -2.42. The highest BCUT2D eigenvalue weighted by atomic mass is 32.2. The molecule has 0 aliphatic rings. The molecule has 0 amide bonds. The minimum absolute atomic E-state index is 0.0507. The van der Waals surface area contributed by atoms with Crippen molar-refractivity contribution in [2.75, 3.05) is 32.4 Å². The maximum atomic E-state index is 12.1. The molecule has 0 bridgehead atoms.